The number of aromatic carboxylic acids is 1. The smallest absolute Gasteiger partial charge is 0.337 e. The van der Waals surface area contributed by atoms with Crippen LogP contribution < -0.4 is 4.72 Å². The molecule has 0 atom stereocenters. The van der Waals surface area contributed by atoms with Gasteiger partial charge in [0, 0.05) is 5.02 Å². The maximum Gasteiger partial charge on any atom is 0.337 e. The Balaban J connectivity index is 1.94. The van der Waals surface area contributed by atoms with E-state index in [4.69, 9.17) is 11.6 Å². The summed E-state index contributed by atoms with van der Waals surface area (Å²) in [6.07, 6.45) is 2.53. The summed E-state index contributed by atoms with van der Waals surface area (Å²) < 4.78 is 28.7. The maximum absolute atomic E-state index is 12.5. The van der Waals surface area contributed by atoms with Crippen molar-refractivity contribution >= 4 is 33.3 Å². The van der Waals surface area contributed by atoms with Gasteiger partial charge in [0.1, 0.15) is 4.90 Å². The van der Waals surface area contributed by atoms with Gasteiger partial charge in [-0.05, 0) is 30.3 Å². The molecular weight excluding hydrogens is 366 g/mol. The molecule has 0 amide bonds. The number of carboxylic acid groups (broad SMARTS) is 1. The lowest BCUT2D eigenvalue weighted by Crippen LogP contribution is -2.15. The number of para-hydroxylation sites is 1. The van der Waals surface area contributed by atoms with E-state index < -0.39 is 16.0 Å². The molecule has 9 heteroatoms. The largest absolute Gasteiger partial charge is 0.478 e. The first-order valence-electron chi connectivity index (χ1n) is 7.02. The second-order valence-electron chi connectivity index (χ2n) is 5.06. The van der Waals surface area contributed by atoms with Crippen LogP contribution in [-0.4, -0.2) is 29.3 Å². The minimum atomic E-state index is -4.01. The fourth-order valence-corrected chi connectivity index (χ4v) is 3.34. The van der Waals surface area contributed by atoms with E-state index in [1.165, 1.54) is 35.3 Å². The Bertz CT molecular complexity index is 1030. The highest BCUT2D eigenvalue weighted by Crippen LogP contribution is 2.24. The summed E-state index contributed by atoms with van der Waals surface area (Å²) in [7, 11) is -4.01. The van der Waals surface area contributed by atoms with E-state index in [0.717, 1.165) is 0 Å². The first-order valence-corrected chi connectivity index (χ1v) is 8.89. The zero-order valence-electron chi connectivity index (χ0n) is 12.6. The molecule has 0 aliphatic carbocycles. The van der Waals surface area contributed by atoms with Crippen LogP contribution in [0.5, 0.6) is 0 Å². The maximum atomic E-state index is 12.5. The number of rotatable bonds is 5. The van der Waals surface area contributed by atoms with Crippen molar-refractivity contribution in [3.8, 4) is 5.69 Å². The van der Waals surface area contributed by atoms with E-state index in [2.05, 4.69) is 9.82 Å². The Kier molecular flexibility index (Phi) is 4.47. The number of carbonyl (C=O) groups is 1. The van der Waals surface area contributed by atoms with Crippen LogP contribution in [0.25, 0.3) is 5.69 Å². The van der Waals surface area contributed by atoms with Gasteiger partial charge in [0.05, 0.1) is 29.3 Å². The van der Waals surface area contributed by atoms with Crippen LogP contribution in [0, 0.1) is 0 Å². The monoisotopic (exact) mass is 377 g/mol. The first kappa shape index (κ1) is 17.0. The molecule has 0 bridgehead atoms. The lowest BCUT2D eigenvalue weighted by Gasteiger charge is -2.09. The molecular formula is C16H12ClN3O4S. The molecule has 0 saturated heterocycles. The highest BCUT2D eigenvalue weighted by atomic mass is 35.5. The fourth-order valence-electron chi connectivity index (χ4n) is 2.15. The van der Waals surface area contributed by atoms with Crippen LogP contribution in [0.3, 0.4) is 0 Å². The Morgan fingerprint density at radius 2 is 1.88 bits per heavy atom. The summed E-state index contributed by atoms with van der Waals surface area (Å²) in [4.78, 5) is 11.2. The van der Waals surface area contributed by atoms with Crippen molar-refractivity contribution in [3.63, 3.8) is 0 Å². The molecule has 2 N–H and O–H groups in total. The number of nitrogens with one attached hydrogen (secondary N) is 1. The van der Waals surface area contributed by atoms with E-state index >= 15 is 0 Å². The summed E-state index contributed by atoms with van der Waals surface area (Å²) in [6, 6.07) is 12.9. The molecule has 0 aliphatic rings. The zero-order valence-corrected chi connectivity index (χ0v) is 14.2. The van der Waals surface area contributed by atoms with Crippen LogP contribution in [0.1, 0.15) is 10.4 Å². The number of hydrogen-bond donors (Lipinski definition) is 2. The van der Waals surface area contributed by atoms with Crippen LogP contribution in [0.15, 0.2) is 65.8 Å². The van der Waals surface area contributed by atoms with Crippen LogP contribution >= 0.6 is 11.6 Å². The number of sulfonamides is 1. The third-order valence-electron chi connectivity index (χ3n) is 3.35. The van der Waals surface area contributed by atoms with E-state index in [0.29, 0.717) is 5.69 Å². The molecule has 0 unspecified atom stereocenters. The van der Waals surface area contributed by atoms with Crippen molar-refractivity contribution < 1.29 is 18.3 Å². The lowest BCUT2D eigenvalue weighted by molar-refractivity contribution is 0.0698. The van der Waals surface area contributed by atoms with E-state index in [-0.39, 0.29) is 21.2 Å². The van der Waals surface area contributed by atoms with Crippen LogP contribution in [0.2, 0.25) is 5.02 Å². The predicted molar refractivity (Wildman–Crippen MR) is 92.8 cm³/mol. The average molecular weight is 378 g/mol. The molecule has 1 heterocycles. The predicted octanol–water partition coefficient (Wildman–Crippen LogP) is 3.02. The van der Waals surface area contributed by atoms with Gasteiger partial charge in [-0.1, -0.05) is 29.8 Å². The molecule has 0 fully saturated rings. The molecule has 2 aromatic carbocycles. The number of anilines is 1. The summed E-state index contributed by atoms with van der Waals surface area (Å²) in [6.45, 7) is 0. The Morgan fingerprint density at radius 1 is 1.16 bits per heavy atom. The highest BCUT2D eigenvalue weighted by molar-refractivity contribution is 7.92. The summed E-state index contributed by atoms with van der Waals surface area (Å²) >= 11 is 5.77. The van der Waals surface area contributed by atoms with E-state index in [1.807, 2.05) is 6.07 Å². The van der Waals surface area contributed by atoms with Crippen molar-refractivity contribution in [2.75, 3.05) is 4.72 Å². The Hall–Kier alpha value is -2.84. The zero-order chi connectivity index (χ0) is 18.0. The standard InChI is InChI=1S/C16H12ClN3O4S/c17-11-6-7-15(14(8-11)16(21)22)19-25(23,24)13-9-18-20(10-13)12-4-2-1-3-5-12/h1-10,19H,(H,21,22). The number of aromatic nitrogens is 2. The van der Waals surface area contributed by atoms with E-state index in [9.17, 15) is 18.3 Å². The van der Waals surface area contributed by atoms with Gasteiger partial charge in [-0.15, -0.1) is 0 Å². The quantitative estimate of drug-likeness (QED) is 0.711. The SMILES string of the molecule is O=C(O)c1cc(Cl)ccc1NS(=O)(=O)c1cnn(-c2ccccc2)c1. The highest BCUT2D eigenvalue weighted by Gasteiger charge is 2.20. The Morgan fingerprint density at radius 3 is 2.56 bits per heavy atom. The summed E-state index contributed by atoms with van der Waals surface area (Å²) in [5, 5.41) is 13.4. The van der Waals surface area contributed by atoms with Crippen molar-refractivity contribution in [1.82, 2.24) is 9.78 Å². The summed E-state index contributed by atoms with van der Waals surface area (Å²) in [5.74, 6) is -1.29. The van der Waals surface area contributed by atoms with Gasteiger partial charge < -0.3 is 5.11 Å². The first-order chi connectivity index (χ1) is 11.9. The number of hydrogen-bond acceptors (Lipinski definition) is 4. The third-order valence-corrected chi connectivity index (χ3v) is 4.90. The van der Waals surface area contributed by atoms with Gasteiger partial charge in [-0.25, -0.2) is 17.9 Å². The van der Waals surface area contributed by atoms with Gasteiger partial charge in [-0.3, -0.25) is 4.72 Å². The van der Waals surface area contributed by atoms with Gasteiger partial charge in [0.2, 0.25) is 0 Å². The molecule has 128 valence electrons. The summed E-state index contributed by atoms with van der Waals surface area (Å²) in [5.41, 5.74) is 0.373. The molecule has 1 aromatic heterocycles. The second-order valence-corrected chi connectivity index (χ2v) is 7.18. The van der Waals surface area contributed by atoms with Crippen molar-refractivity contribution in [1.29, 1.82) is 0 Å². The molecule has 3 rings (SSSR count). The van der Waals surface area contributed by atoms with E-state index in [1.54, 1.807) is 24.3 Å². The molecule has 0 spiro atoms. The van der Waals surface area contributed by atoms with Gasteiger partial charge in [0.25, 0.3) is 10.0 Å². The molecule has 0 aliphatic heterocycles. The molecule has 7 nitrogen and oxygen atoms in total. The topological polar surface area (TPSA) is 101 Å². The van der Waals surface area contributed by atoms with Crippen molar-refractivity contribution in [3.05, 3.63) is 71.5 Å². The van der Waals surface area contributed by atoms with Crippen LogP contribution in [0.4, 0.5) is 5.69 Å². The lowest BCUT2D eigenvalue weighted by atomic mass is 10.2. The average Bonchev–Trinajstić information content (AvgIpc) is 3.08. The van der Waals surface area contributed by atoms with Gasteiger partial charge >= 0.3 is 5.97 Å². The van der Waals surface area contributed by atoms with Gasteiger partial charge in [-0.2, -0.15) is 5.10 Å². The number of halogens is 1. The Labute approximate surface area is 148 Å². The minimum Gasteiger partial charge on any atom is -0.478 e. The third kappa shape index (κ3) is 3.65. The second kappa shape index (κ2) is 6.58. The van der Waals surface area contributed by atoms with Crippen molar-refractivity contribution in [2.24, 2.45) is 0 Å². The van der Waals surface area contributed by atoms with Gasteiger partial charge in [0.15, 0.2) is 0 Å². The molecule has 0 saturated carbocycles. The number of nitrogens with zero attached hydrogens (tertiary/aromatic N) is 2. The number of carboxylic acids is 1. The molecule has 0 radical (unpaired) electrons. The molecule has 3 aromatic rings. The normalized spacial score (nSPS) is 11.2. The fraction of sp³-hybridized carbons (Fsp3) is 0. The number of benzene rings is 2. The minimum absolute atomic E-state index is 0.0793. The van der Waals surface area contributed by atoms with Crippen molar-refractivity contribution in [2.45, 2.75) is 4.90 Å². The molecule has 25 heavy (non-hydrogen) atoms. The van der Waals surface area contributed by atoms with Crippen LogP contribution in [-0.2, 0) is 10.0 Å².